The van der Waals surface area contributed by atoms with E-state index in [-0.39, 0.29) is 17.0 Å². The van der Waals surface area contributed by atoms with Gasteiger partial charge in [-0.25, -0.2) is 9.48 Å². The number of allylic oxidation sites excluding steroid dienone is 2. The average Bonchev–Trinajstić information content (AvgIpc) is 3.24. The third-order valence-electron chi connectivity index (χ3n) is 5.36. The number of nitrogens with one attached hydrogen (secondary N) is 1. The lowest BCUT2D eigenvalue weighted by Gasteiger charge is -2.11. The molecule has 0 saturated carbocycles. The van der Waals surface area contributed by atoms with Crippen molar-refractivity contribution in [3.8, 4) is 5.69 Å². The van der Waals surface area contributed by atoms with E-state index < -0.39 is 5.97 Å². The highest BCUT2D eigenvalue weighted by atomic mass is 16.4. The number of anilines is 1. The van der Waals surface area contributed by atoms with E-state index in [0.29, 0.717) is 28.2 Å². The number of aromatic carboxylic acids is 1. The van der Waals surface area contributed by atoms with Gasteiger partial charge >= 0.3 is 5.97 Å². The molecule has 2 aromatic carbocycles. The molecule has 0 saturated heterocycles. The number of aryl methyl sites for hydroxylation is 2. The number of hydrogen-bond acceptors (Lipinski definition) is 4. The van der Waals surface area contributed by atoms with Crippen LogP contribution in [0.25, 0.3) is 11.8 Å². The van der Waals surface area contributed by atoms with Gasteiger partial charge in [-0.15, -0.1) is 0 Å². The number of nitrogens with zero attached hydrogens (tertiary/aromatic N) is 3. The zero-order chi connectivity index (χ0) is 23.7. The molecule has 8 nitrogen and oxygen atoms in total. The average molecular weight is 442 g/mol. The third-order valence-corrected chi connectivity index (χ3v) is 5.36. The zero-order valence-corrected chi connectivity index (χ0v) is 18.4. The first kappa shape index (κ1) is 21.8. The molecule has 8 heteroatoms. The Balaban J connectivity index is 1.57. The molecule has 1 aliphatic rings. The lowest BCUT2D eigenvalue weighted by atomic mass is 10.1. The Hall–Kier alpha value is -4.46. The number of carboxylic acids is 1. The van der Waals surface area contributed by atoms with Gasteiger partial charge in [-0.05, 0) is 69.3 Å². The van der Waals surface area contributed by atoms with Gasteiger partial charge in [0.1, 0.15) is 0 Å². The normalized spacial score (nSPS) is 15.0. The maximum absolute atomic E-state index is 12.9. The number of carbonyl (C=O) groups is 2. The van der Waals surface area contributed by atoms with Crippen LogP contribution >= 0.6 is 0 Å². The van der Waals surface area contributed by atoms with Crippen LogP contribution in [0.1, 0.15) is 34.1 Å². The van der Waals surface area contributed by atoms with Crippen LogP contribution in [0.5, 0.6) is 0 Å². The predicted molar refractivity (Wildman–Crippen MR) is 127 cm³/mol. The van der Waals surface area contributed by atoms with E-state index in [1.807, 2.05) is 38.1 Å². The molecule has 4 rings (SSSR count). The molecule has 0 unspecified atom stereocenters. The SMILES string of the molecule is CC1=NN(c2ccc(C(=O)O)cc2)C(=O)C1=CC=Cc1c(C)[nH]n(-c2ccc(C)cc2)c1=O. The molecule has 166 valence electrons. The number of aromatic nitrogens is 2. The van der Waals surface area contributed by atoms with Crippen LogP contribution < -0.4 is 10.6 Å². The van der Waals surface area contributed by atoms with Crippen molar-refractivity contribution in [1.29, 1.82) is 0 Å². The summed E-state index contributed by atoms with van der Waals surface area (Å²) >= 11 is 0. The van der Waals surface area contributed by atoms with Crippen LogP contribution in [-0.2, 0) is 4.79 Å². The summed E-state index contributed by atoms with van der Waals surface area (Å²) in [6, 6.07) is 13.5. The van der Waals surface area contributed by atoms with E-state index >= 15 is 0 Å². The Morgan fingerprint density at radius 1 is 0.970 bits per heavy atom. The molecule has 2 heterocycles. The number of benzene rings is 2. The van der Waals surface area contributed by atoms with E-state index in [9.17, 15) is 14.4 Å². The largest absolute Gasteiger partial charge is 0.478 e. The molecule has 33 heavy (non-hydrogen) atoms. The Bertz CT molecular complexity index is 1390. The van der Waals surface area contributed by atoms with Crippen LogP contribution in [0.4, 0.5) is 5.69 Å². The highest BCUT2D eigenvalue weighted by molar-refractivity contribution is 6.29. The number of hydrogen-bond donors (Lipinski definition) is 2. The number of carbonyl (C=O) groups excluding carboxylic acids is 1. The van der Waals surface area contributed by atoms with Gasteiger partial charge in [0.25, 0.3) is 11.5 Å². The topological polar surface area (TPSA) is 108 Å². The van der Waals surface area contributed by atoms with Crippen molar-refractivity contribution in [2.75, 3.05) is 5.01 Å². The molecule has 0 radical (unpaired) electrons. The van der Waals surface area contributed by atoms with E-state index in [2.05, 4.69) is 10.2 Å². The molecular formula is C25H22N4O4. The van der Waals surface area contributed by atoms with Crippen molar-refractivity contribution < 1.29 is 14.7 Å². The lowest BCUT2D eigenvalue weighted by Crippen LogP contribution is -2.21. The van der Waals surface area contributed by atoms with Crippen LogP contribution in [0.3, 0.4) is 0 Å². The van der Waals surface area contributed by atoms with Gasteiger partial charge in [0, 0.05) is 5.69 Å². The fraction of sp³-hybridized carbons (Fsp3) is 0.120. The molecule has 1 aromatic heterocycles. The molecule has 1 aliphatic heterocycles. The van der Waals surface area contributed by atoms with E-state index in [1.165, 1.54) is 34.0 Å². The molecule has 2 N–H and O–H groups in total. The van der Waals surface area contributed by atoms with Crippen molar-refractivity contribution in [1.82, 2.24) is 9.78 Å². The number of hydrazone groups is 1. The first-order valence-corrected chi connectivity index (χ1v) is 10.3. The second-order valence-electron chi connectivity index (χ2n) is 7.72. The third kappa shape index (κ3) is 4.18. The summed E-state index contributed by atoms with van der Waals surface area (Å²) in [7, 11) is 0. The minimum atomic E-state index is -1.04. The molecule has 0 atom stereocenters. The standard InChI is InChI=1S/C25H22N4O4/c1-15-7-11-19(12-8-15)28-23(30)21(16(2)26-28)5-4-6-22-17(3)27-29(24(22)31)20-13-9-18(10-14-20)25(32)33/h4-14,26H,1-3H3,(H,32,33). The molecule has 1 amide bonds. The fourth-order valence-corrected chi connectivity index (χ4v) is 3.50. The molecular weight excluding hydrogens is 420 g/mol. The Kier molecular flexibility index (Phi) is 5.66. The zero-order valence-electron chi connectivity index (χ0n) is 18.4. The molecule has 0 spiro atoms. The summed E-state index contributed by atoms with van der Waals surface area (Å²) in [5.74, 6) is -1.37. The quantitative estimate of drug-likeness (QED) is 0.585. The summed E-state index contributed by atoms with van der Waals surface area (Å²) in [4.78, 5) is 36.7. The highest BCUT2D eigenvalue weighted by Gasteiger charge is 2.28. The number of aromatic amines is 1. The van der Waals surface area contributed by atoms with Crippen molar-refractivity contribution in [2.45, 2.75) is 20.8 Å². The van der Waals surface area contributed by atoms with Gasteiger partial charge in [-0.1, -0.05) is 23.8 Å². The van der Waals surface area contributed by atoms with Gasteiger partial charge in [0.2, 0.25) is 0 Å². The summed E-state index contributed by atoms with van der Waals surface area (Å²) in [6.07, 6.45) is 4.94. The minimum absolute atomic E-state index is 0.128. The second-order valence-corrected chi connectivity index (χ2v) is 7.72. The van der Waals surface area contributed by atoms with Crippen LogP contribution in [0.15, 0.2) is 76.2 Å². The molecule has 0 aliphatic carbocycles. The van der Waals surface area contributed by atoms with Crippen molar-refractivity contribution in [3.63, 3.8) is 0 Å². The number of carboxylic acid groups (broad SMARTS) is 1. The van der Waals surface area contributed by atoms with Crippen LogP contribution in [0, 0.1) is 13.8 Å². The predicted octanol–water partition coefficient (Wildman–Crippen LogP) is 3.84. The minimum Gasteiger partial charge on any atom is -0.478 e. The molecule has 0 fully saturated rings. The van der Waals surface area contributed by atoms with E-state index in [1.54, 1.807) is 25.2 Å². The second kappa shape index (κ2) is 8.58. The fourth-order valence-electron chi connectivity index (χ4n) is 3.50. The molecule has 0 bridgehead atoms. The Morgan fingerprint density at radius 2 is 1.61 bits per heavy atom. The Labute approximate surface area is 189 Å². The summed E-state index contributed by atoms with van der Waals surface area (Å²) in [5.41, 5.74) is 4.37. The van der Waals surface area contributed by atoms with Crippen LogP contribution in [0.2, 0.25) is 0 Å². The van der Waals surface area contributed by atoms with Gasteiger partial charge in [0.15, 0.2) is 0 Å². The van der Waals surface area contributed by atoms with Gasteiger partial charge in [-0.3, -0.25) is 14.7 Å². The monoisotopic (exact) mass is 442 g/mol. The maximum atomic E-state index is 12.9. The lowest BCUT2D eigenvalue weighted by molar-refractivity contribution is -0.114. The first-order chi connectivity index (χ1) is 15.8. The van der Waals surface area contributed by atoms with Crippen molar-refractivity contribution in [3.05, 3.63) is 99.0 Å². The van der Waals surface area contributed by atoms with Crippen LogP contribution in [-0.4, -0.2) is 32.5 Å². The number of rotatable bonds is 5. The van der Waals surface area contributed by atoms with Gasteiger partial charge in [0.05, 0.1) is 33.8 Å². The highest BCUT2D eigenvalue weighted by Crippen LogP contribution is 2.24. The van der Waals surface area contributed by atoms with Gasteiger partial charge < -0.3 is 5.11 Å². The summed E-state index contributed by atoms with van der Waals surface area (Å²) < 4.78 is 1.48. The van der Waals surface area contributed by atoms with Crippen molar-refractivity contribution >= 4 is 29.4 Å². The van der Waals surface area contributed by atoms with E-state index in [4.69, 9.17) is 5.11 Å². The number of H-pyrrole nitrogens is 1. The smallest absolute Gasteiger partial charge is 0.335 e. The molecule has 3 aromatic rings. The number of amides is 1. The summed E-state index contributed by atoms with van der Waals surface area (Å²) in [6.45, 7) is 5.51. The van der Waals surface area contributed by atoms with Crippen molar-refractivity contribution in [2.24, 2.45) is 5.10 Å². The summed E-state index contributed by atoms with van der Waals surface area (Å²) in [5, 5.41) is 17.6. The first-order valence-electron chi connectivity index (χ1n) is 10.3. The Morgan fingerprint density at radius 3 is 2.24 bits per heavy atom. The van der Waals surface area contributed by atoms with Gasteiger partial charge in [-0.2, -0.15) is 10.1 Å². The van der Waals surface area contributed by atoms with E-state index in [0.717, 1.165) is 11.3 Å². The maximum Gasteiger partial charge on any atom is 0.335 e.